The van der Waals surface area contributed by atoms with Crippen LogP contribution in [-0.2, 0) is 11.2 Å². The molecule has 7 heteroatoms. The second-order valence-electron chi connectivity index (χ2n) is 6.00. The molecule has 4 rings (SSSR count). The number of aromatic nitrogens is 3. The van der Waals surface area contributed by atoms with E-state index in [2.05, 4.69) is 20.5 Å². The van der Waals surface area contributed by atoms with Crippen LogP contribution in [0.1, 0.15) is 17.3 Å². The van der Waals surface area contributed by atoms with E-state index in [0.717, 1.165) is 46.5 Å². The Balaban J connectivity index is 1.82. The Morgan fingerprint density at radius 3 is 3.00 bits per heavy atom. The van der Waals surface area contributed by atoms with Crippen molar-refractivity contribution in [1.29, 1.82) is 0 Å². The number of fused-ring (bicyclic) bond motifs is 3. The SMILES string of the molecule is COCOc1ccccc1-c1cc2c3c([nH]c2nn1)CCNC3CO. The Hall–Kier alpha value is -2.48. The zero-order valence-corrected chi connectivity index (χ0v) is 14.0. The minimum Gasteiger partial charge on any atom is -0.467 e. The Labute approximate surface area is 145 Å². The topological polar surface area (TPSA) is 92.3 Å². The van der Waals surface area contributed by atoms with E-state index >= 15 is 0 Å². The fourth-order valence-corrected chi connectivity index (χ4v) is 3.34. The maximum Gasteiger partial charge on any atom is 0.188 e. The molecule has 3 heterocycles. The van der Waals surface area contributed by atoms with Crippen LogP contribution in [0.25, 0.3) is 22.3 Å². The Morgan fingerprint density at radius 2 is 2.16 bits per heavy atom. The molecule has 2 aromatic heterocycles. The number of methoxy groups -OCH3 is 1. The van der Waals surface area contributed by atoms with Gasteiger partial charge in [0, 0.05) is 42.3 Å². The molecule has 7 nitrogen and oxygen atoms in total. The first-order valence-electron chi connectivity index (χ1n) is 8.25. The molecule has 130 valence electrons. The number of aliphatic hydroxyl groups is 1. The molecular formula is C18H20N4O3. The van der Waals surface area contributed by atoms with Crippen molar-refractivity contribution >= 4 is 11.0 Å². The van der Waals surface area contributed by atoms with Crippen molar-refractivity contribution in [2.75, 3.05) is 27.1 Å². The largest absolute Gasteiger partial charge is 0.467 e. The summed E-state index contributed by atoms with van der Waals surface area (Å²) >= 11 is 0. The van der Waals surface area contributed by atoms with E-state index in [-0.39, 0.29) is 19.4 Å². The Kier molecular flexibility index (Phi) is 4.35. The number of para-hydroxylation sites is 1. The molecular weight excluding hydrogens is 320 g/mol. The maximum absolute atomic E-state index is 9.70. The molecule has 0 fully saturated rings. The lowest BCUT2D eigenvalue weighted by Crippen LogP contribution is -2.31. The summed E-state index contributed by atoms with van der Waals surface area (Å²) in [5.74, 6) is 0.694. The van der Waals surface area contributed by atoms with Crippen molar-refractivity contribution in [2.24, 2.45) is 0 Å². The van der Waals surface area contributed by atoms with E-state index < -0.39 is 0 Å². The van der Waals surface area contributed by atoms with Crippen LogP contribution in [0.5, 0.6) is 5.75 Å². The smallest absolute Gasteiger partial charge is 0.188 e. The molecule has 0 bridgehead atoms. The minimum atomic E-state index is -0.0884. The van der Waals surface area contributed by atoms with Gasteiger partial charge in [-0.3, -0.25) is 0 Å². The highest BCUT2D eigenvalue weighted by molar-refractivity contribution is 5.86. The number of aliphatic hydroxyl groups excluding tert-OH is 1. The molecule has 3 aromatic rings. The van der Waals surface area contributed by atoms with Gasteiger partial charge in [0.05, 0.1) is 18.3 Å². The highest BCUT2D eigenvalue weighted by Gasteiger charge is 2.25. The number of nitrogens with zero attached hydrogens (tertiary/aromatic N) is 2. The third-order valence-electron chi connectivity index (χ3n) is 4.47. The van der Waals surface area contributed by atoms with Crippen LogP contribution in [0, 0.1) is 0 Å². The highest BCUT2D eigenvalue weighted by Crippen LogP contribution is 2.34. The van der Waals surface area contributed by atoms with Crippen molar-refractivity contribution in [1.82, 2.24) is 20.5 Å². The molecule has 0 radical (unpaired) electrons. The molecule has 1 atom stereocenters. The first-order valence-corrected chi connectivity index (χ1v) is 8.25. The van der Waals surface area contributed by atoms with Crippen molar-refractivity contribution in [3.8, 4) is 17.0 Å². The number of hydrogen-bond acceptors (Lipinski definition) is 6. The summed E-state index contributed by atoms with van der Waals surface area (Å²) in [6, 6.07) is 9.58. The molecule has 0 spiro atoms. The lowest BCUT2D eigenvalue weighted by molar-refractivity contribution is 0.0515. The quantitative estimate of drug-likeness (QED) is 0.613. The number of rotatable bonds is 5. The molecule has 1 aliphatic rings. The van der Waals surface area contributed by atoms with Crippen molar-refractivity contribution in [3.05, 3.63) is 41.6 Å². The molecule has 1 aliphatic heterocycles. The van der Waals surface area contributed by atoms with Gasteiger partial charge in [-0.25, -0.2) is 0 Å². The lowest BCUT2D eigenvalue weighted by Gasteiger charge is -2.22. The maximum atomic E-state index is 9.70. The molecule has 1 aromatic carbocycles. The van der Waals surface area contributed by atoms with E-state index in [4.69, 9.17) is 9.47 Å². The predicted molar refractivity (Wildman–Crippen MR) is 93.4 cm³/mol. The standard InChI is InChI=1S/C18H20N4O3/c1-24-10-25-16-5-3-2-4-11(16)14-8-12-17-13(20-18(12)22-21-14)6-7-19-15(17)9-23/h2-5,8,15,19,23H,6-7,9-10H2,1H3,(H,20,22). The van der Waals surface area contributed by atoms with Gasteiger partial charge in [-0.15, -0.1) is 10.2 Å². The van der Waals surface area contributed by atoms with Crippen LogP contribution in [0.2, 0.25) is 0 Å². The fourth-order valence-electron chi connectivity index (χ4n) is 3.34. The van der Waals surface area contributed by atoms with Gasteiger partial charge >= 0.3 is 0 Å². The summed E-state index contributed by atoms with van der Waals surface area (Å²) < 4.78 is 10.6. The molecule has 0 saturated heterocycles. The van der Waals surface area contributed by atoms with E-state index in [9.17, 15) is 5.11 Å². The number of hydrogen-bond donors (Lipinski definition) is 3. The van der Waals surface area contributed by atoms with Gasteiger partial charge in [-0.1, -0.05) is 12.1 Å². The molecule has 0 saturated carbocycles. The first kappa shape index (κ1) is 16.0. The number of H-pyrrole nitrogens is 1. The van der Waals surface area contributed by atoms with Crippen molar-refractivity contribution in [2.45, 2.75) is 12.5 Å². The van der Waals surface area contributed by atoms with Gasteiger partial charge in [0.1, 0.15) is 5.75 Å². The zero-order valence-electron chi connectivity index (χ0n) is 14.0. The van der Waals surface area contributed by atoms with Gasteiger partial charge in [0.2, 0.25) is 0 Å². The number of nitrogens with one attached hydrogen (secondary N) is 2. The van der Waals surface area contributed by atoms with E-state index in [0.29, 0.717) is 5.75 Å². The average molecular weight is 340 g/mol. The van der Waals surface area contributed by atoms with Gasteiger partial charge in [0.25, 0.3) is 0 Å². The minimum absolute atomic E-state index is 0.0468. The van der Waals surface area contributed by atoms with E-state index in [1.807, 2.05) is 30.3 Å². The van der Waals surface area contributed by atoms with Crippen molar-refractivity contribution in [3.63, 3.8) is 0 Å². The molecule has 25 heavy (non-hydrogen) atoms. The van der Waals surface area contributed by atoms with Crippen LogP contribution in [-0.4, -0.2) is 47.3 Å². The average Bonchev–Trinajstić information content (AvgIpc) is 3.04. The summed E-state index contributed by atoms with van der Waals surface area (Å²) in [6.07, 6.45) is 0.880. The van der Waals surface area contributed by atoms with Crippen LogP contribution in [0.15, 0.2) is 30.3 Å². The Morgan fingerprint density at radius 1 is 1.28 bits per heavy atom. The number of ether oxygens (including phenoxy) is 2. The van der Waals surface area contributed by atoms with Gasteiger partial charge in [-0.05, 0) is 18.2 Å². The first-order chi connectivity index (χ1) is 12.3. The summed E-state index contributed by atoms with van der Waals surface area (Å²) in [6.45, 7) is 1.05. The van der Waals surface area contributed by atoms with Crippen LogP contribution in [0.3, 0.4) is 0 Å². The van der Waals surface area contributed by atoms with Gasteiger partial charge < -0.3 is 24.9 Å². The fraction of sp³-hybridized carbons (Fsp3) is 0.333. The monoisotopic (exact) mass is 340 g/mol. The molecule has 3 N–H and O–H groups in total. The van der Waals surface area contributed by atoms with E-state index in [1.165, 1.54) is 0 Å². The molecule has 0 amide bonds. The van der Waals surface area contributed by atoms with Crippen LogP contribution < -0.4 is 10.1 Å². The number of benzene rings is 1. The van der Waals surface area contributed by atoms with Crippen LogP contribution >= 0.6 is 0 Å². The van der Waals surface area contributed by atoms with E-state index in [1.54, 1.807) is 7.11 Å². The molecule has 1 unspecified atom stereocenters. The van der Waals surface area contributed by atoms with Crippen LogP contribution in [0.4, 0.5) is 0 Å². The van der Waals surface area contributed by atoms with Gasteiger partial charge in [0.15, 0.2) is 12.4 Å². The summed E-state index contributed by atoms with van der Waals surface area (Å²) in [4.78, 5) is 3.33. The second-order valence-corrected chi connectivity index (χ2v) is 6.00. The zero-order chi connectivity index (χ0) is 17.2. The third kappa shape index (κ3) is 2.86. The van der Waals surface area contributed by atoms with Gasteiger partial charge in [-0.2, -0.15) is 0 Å². The Bertz CT molecular complexity index is 893. The predicted octanol–water partition coefficient (Wildman–Crippen LogP) is 1.79. The molecule has 0 aliphatic carbocycles. The second kappa shape index (κ2) is 6.79. The summed E-state index contributed by atoms with van der Waals surface area (Å²) in [7, 11) is 1.59. The third-order valence-corrected chi connectivity index (χ3v) is 4.47. The summed E-state index contributed by atoms with van der Waals surface area (Å²) in [5, 5.41) is 22.7. The summed E-state index contributed by atoms with van der Waals surface area (Å²) in [5.41, 5.74) is 4.51. The lowest BCUT2D eigenvalue weighted by atomic mass is 9.98. The highest BCUT2D eigenvalue weighted by atomic mass is 16.7. The van der Waals surface area contributed by atoms with Crippen molar-refractivity contribution < 1.29 is 14.6 Å². The normalized spacial score (nSPS) is 16.8. The number of aromatic amines is 1.